The fraction of sp³-hybridized carbons (Fsp3) is 0.120. The van der Waals surface area contributed by atoms with Crippen LogP contribution in [0.2, 0.25) is 0 Å². The predicted octanol–water partition coefficient (Wildman–Crippen LogP) is 6.36. The van der Waals surface area contributed by atoms with Gasteiger partial charge in [0, 0.05) is 34.4 Å². The summed E-state index contributed by atoms with van der Waals surface area (Å²) in [4.78, 5) is 3.36. The molecule has 0 aliphatic heterocycles. The molecule has 3 aromatic carbocycles. The number of hydrogen-bond acceptors (Lipinski definition) is 2. The minimum Gasteiger partial charge on any atom is -0.508 e. The molecule has 3 heteroatoms. The summed E-state index contributed by atoms with van der Waals surface area (Å²) in [6.07, 6.45) is 2.03. The molecule has 3 N–H and O–H groups in total. The summed E-state index contributed by atoms with van der Waals surface area (Å²) in [5, 5.41) is 14.7. The lowest BCUT2D eigenvalue weighted by Gasteiger charge is -2.23. The van der Waals surface area contributed by atoms with E-state index in [1.54, 1.807) is 12.1 Å². The quantitative estimate of drug-likeness (QED) is 0.384. The van der Waals surface area contributed by atoms with Crippen molar-refractivity contribution in [2.24, 2.45) is 0 Å². The van der Waals surface area contributed by atoms with Gasteiger partial charge in [0.25, 0.3) is 0 Å². The molecule has 1 aromatic heterocycles. The highest BCUT2D eigenvalue weighted by Crippen LogP contribution is 2.36. The molecular formula is C25H24N2O. The van der Waals surface area contributed by atoms with Gasteiger partial charge in [-0.1, -0.05) is 48.5 Å². The topological polar surface area (TPSA) is 48.0 Å². The van der Waals surface area contributed by atoms with Crippen molar-refractivity contribution in [3.05, 3.63) is 102 Å². The van der Waals surface area contributed by atoms with Crippen molar-refractivity contribution in [2.45, 2.75) is 19.9 Å². The Labute approximate surface area is 165 Å². The van der Waals surface area contributed by atoms with Crippen LogP contribution >= 0.6 is 0 Å². The normalized spacial score (nSPS) is 12.1. The number of H-pyrrole nitrogens is 1. The van der Waals surface area contributed by atoms with E-state index in [0.29, 0.717) is 0 Å². The van der Waals surface area contributed by atoms with Gasteiger partial charge in [-0.3, -0.25) is 0 Å². The fourth-order valence-corrected chi connectivity index (χ4v) is 3.69. The Morgan fingerprint density at radius 2 is 1.75 bits per heavy atom. The van der Waals surface area contributed by atoms with E-state index >= 15 is 0 Å². The van der Waals surface area contributed by atoms with Gasteiger partial charge in [-0.2, -0.15) is 0 Å². The molecule has 3 nitrogen and oxygen atoms in total. The molecule has 0 saturated carbocycles. The van der Waals surface area contributed by atoms with Crippen LogP contribution in [0.3, 0.4) is 0 Å². The monoisotopic (exact) mass is 368 g/mol. The Hall–Kier alpha value is -3.46. The van der Waals surface area contributed by atoms with Gasteiger partial charge < -0.3 is 15.4 Å². The molecule has 0 saturated heterocycles. The van der Waals surface area contributed by atoms with E-state index in [2.05, 4.69) is 54.1 Å². The van der Waals surface area contributed by atoms with Crippen LogP contribution in [0.15, 0.2) is 79.5 Å². The van der Waals surface area contributed by atoms with Crippen LogP contribution < -0.4 is 5.32 Å². The number of rotatable bonds is 5. The van der Waals surface area contributed by atoms with Crippen molar-refractivity contribution in [1.29, 1.82) is 0 Å². The molecule has 0 aliphatic rings. The first-order valence-electron chi connectivity index (χ1n) is 9.40. The maximum absolute atomic E-state index is 10.0. The highest BCUT2D eigenvalue weighted by atomic mass is 16.3. The molecule has 140 valence electrons. The molecule has 0 radical (unpaired) electrons. The van der Waals surface area contributed by atoms with Crippen LogP contribution in [0, 0.1) is 13.8 Å². The summed E-state index contributed by atoms with van der Waals surface area (Å²) in [7, 11) is 0. The zero-order valence-corrected chi connectivity index (χ0v) is 16.2. The number of aromatic nitrogens is 1. The number of nitrogens with one attached hydrogen (secondary N) is 2. The van der Waals surface area contributed by atoms with Crippen molar-refractivity contribution >= 4 is 22.2 Å². The Morgan fingerprint density at radius 3 is 2.50 bits per heavy atom. The van der Waals surface area contributed by atoms with Crippen molar-refractivity contribution in [2.75, 3.05) is 5.32 Å². The Bertz CT molecular complexity index is 1120. The van der Waals surface area contributed by atoms with Gasteiger partial charge in [0.05, 0.1) is 6.04 Å². The van der Waals surface area contributed by atoms with Crippen molar-refractivity contribution in [1.82, 2.24) is 4.98 Å². The fourth-order valence-electron chi connectivity index (χ4n) is 3.69. The molecule has 28 heavy (non-hydrogen) atoms. The van der Waals surface area contributed by atoms with Crippen molar-refractivity contribution < 1.29 is 5.11 Å². The van der Waals surface area contributed by atoms with E-state index < -0.39 is 0 Å². The van der Waals surface area contributed by atoms with Gasteiger partial charge >= 0.3 is 0 Å². The summed E-state index contributed by atoms with van der Waals surface area (Å²) in [6, 6.07) is 22.1. The molecule has 0 aliphatic carbocycles. The largest absolute Gasteiger partial charge is 0.508 e. The van der Waals surface area contributed by atoms with Crippen LogP contribution in [-0.4, -0.2) is 10.1 Å². The number of phenols is 1. The molecule has 1 atom stereocenters. The van der Waals surface area contributed by atoms with Crippen molar-refractivity contribution in [3.63, 3.8) is 0 Å². The average Bonchev–Trinajstić information content (AvgIpc) is 3.08. The smallest absolute Gasteiger partial charge is 0.117 e. The molecule has 1 unspecified atom stereocenters. The zero-order valence-electron chi connectivity index (χ0n) is 16.2. The molecule has 0 fully saturated rings. The van der Waals surface area contributed by atoms with Crippen LogP contribution in [-0.2, 0) is 0 Å². The lowest BCUT2D eigenvalue weighted by Crippen LogP contribution is -2.12. The number of aromatic hydroxyl groups is 1. The average molecular weight is 368 g/mol. The van der Waals surface area contributed by atoms with E-state index in [1.165, 1.54) is 10.9 Å². The predicted molar refractivity (Wildman–Crippen MR) is 118 cm³/mol. The number of fused-ring (bicyclic) bond motifs is 1. The lowest BCUT2D eigenvalue weighted by molar-refractivity contribution is 0.475. The van der Waals surface area contributed by atoms with Gasteiger partial charge in [0.2, 0.25) is 0 Å². The third kappa shape index (κ3) is 3.52. The van der Waals surface area contributed by atoms with Gasteiger partial charge in [0.1, 0.15) is 5.75 Å². The third-order valence-corrected chi connectivity index (χ3v) is 5.04. The SMILES string of the molecule is C=C(c1c[nH]c2ccc(C)cc12)C(Nc1cc(C)cc(O)c1)c1ccccc1. The van der Waals surface area contributed by atoms with E-state index in [1.807, 2.05) is 37.4 Å². The van der Waals surface area contributed by atoms with Gasteiger partial charge in [-0.15, -0.1) is 0 Å². The number of aromatic amines is 1. The van der Waals surface area contributed by atoms with Crippen LogP contribution in [0.1, 0.15) is 28.3 Å². The third-order valence-electron chi connectivity index (χ3n) is 5.04. The number of aryl methyl sites for hydroxylation is 2. The second-order valence-corrected chi connectivity index (χ2v) is 7.32. The molecule has 0 spiro atoms. The number of benzene rings is 3. The first-order chi connectivity index (χ1) is 13.5. The summed E-state index contributed by atoms with van der Waals surface area (Å²) in [5.41, 5.74) is 7.37. The first-order valence-corrected chi connectivity index (χ1v) is 9.40. The van der Waals surface area contributed by atoms with E-state index in [-0.39, 0.29) is 11.8 Å². The summed E-state index contributed by atoms with van der Waals surface area (Å²) >= 11 is 0. The Kier molecular flexibility index (Phi) is 4.66. The molecule has 4 rings (SSSR count). The molecular weight excluding hydrogens is 344 g/mol. The maximum atomic E-state index is 10.0. The first kappa shape index (κ1) is 17.9. The number of anilines is 1. The summed E-state index contributed by atoms with van der Waals surface area (Å²) in [6.45, 7) is 8.52. The zero-order chi connectivity index (χ0) is 19.7. The van der Waals surface area contributed by atoms with E-state index in [9.17, 15) is 5.11 Å². The Morgan fingerprint density at radius 1 is 0.964 bits per heavy atom. The summed E-state index contributed by atoms with van der Waals surface area (Å²) < 4.78 is 0. The Balaban J connectivity index is 1.78. The van der Waals surface area contributed by atoms with Gasteiger partial charge in [0.15, 0.2) is 0 Å². The van der Waals surface area contributed by atoms with E-state index in [0.717, 1.165) is 33.5 Å². The maximum Gasteiger partial charge on any atom is 0.117 e. The van der Waals surface area contributed by atoms with Crippen molar-refractivity contribution in [3.8, 4) is 5.75 Å². The van der Waals surface area contributed by atoms with Gasteiger partial charge in [-0.05, 0) is 54.8 Å². The summed E-state index contributed by atoms with van der Waals surface area (Å²) in [5.74, 6) is 0.252. The van der Waals surface area contributed by atoms with Crippen LogP contribution in [0.5, 0.6) is 5.75 Å². The lowest BCUT2D eigenvalue weighted by atomic mass is 9.93. The molecule has 0 bridgehead atoms. The second kappa shape index (κ2) is 7.28. The van der Waals surface area contributed by atoms with Gasteiger partial charge in [-0.25, -0.2) is 0 Å². The highest BCUT2D eigenvalue weighted by Gasteiger charge is 2.19. The standard InChI is InChI=1S/C25H24N2O/c1-16-9-10-24-22(13-16)23(15-26-24)18(3)25(19-7-5-4-6-8-19)27-20-11-17(2)12-21(28)14-20/h4-15,25-28H,3H2,1-2H3. The molecule has 1 heterocycles. The minimum atomic E-state index is -0.123. The molecule has 0 amide bonds. The number of phenolic OH excluding ortho intramolecular Hbond substituents is 1. The minimum absolute atomic E-state index is 0.123. The van der Waals surface area contributed by atoms with Crippen LogP contribution in [0.4, 0.5) is 5.69 Å². The second-order valence-electron chi connectivity index (χ2n) is 7.32. The number of hydrogen-bond donors (Lipinski definition) is 3. The molecule has 4 aromatic rings. The highest BCUT2D eigenvalue weighted by molar-refractivity contribution is 5.94. The van der Waals surface area contributed by atoms with E-state index in [4.69, 9.17) is 0 Å². The van der Waals surface area contributed by atoms with Crippen LogP contribution in [0.25, 0.3) is 16.5 Å².